The normalized spacial score (nSPS) is 11.5. The molecule has 11 nitrogen and oxygen atoms in total. The molecular formula is C21H13F3N6O5S2. The van der Waals surface area contributed by atoms with E-state index in [4.69, 9.17) is 4.74 Å². The Morgan fingerprint density at radius 1 is 1.19 bits per heavy atom. The number of aromatic nitrogens is 4. The number of carbonyl (C=O) groups is 1. The molecular weight excluding hydrogens is 537 g/mol. The zero-order valence-electron chi connectivity index (χ0n) is 18.2. The SMILES string of the molecule is N#Cc1cc(S(=O)(=O)Nc2ncns2)ccc1Oc1ccc(-n2cc(COC(=O)C(F)(F)F)cn2)cc1. The maximum Gasteiger partial charge on any atom is 0.490 e. The highest BCUT2D eigenvalue weighted by Crippen LogP contribution is 2.29. The number of sulfonamides is 1. The Hall–Kier alpha value is -4.49. The molecule has 2 heterocycles. The van der Waals surface area contributed by atoms with Crippen LogP contribution in [0.4, 0.5) is 18.3 Å². The van der Waals surface area contributed by atoms with Crippen molar-refractivity contribution in [2.24, 2.45) is 0 Å². The Morgan fingerprint density at radius 3 is 2.59 bits per heavy atom. The molecule has 0 amide bonds. The minimum Gasteiger partial charge on any atom is -0.456 e. The summed E-state index contributed by atoms with van der Waals surface area (Å²) in [5.74, 6) is -1.87. The molecule has 0 aliphatic heterocycles. The molecule has 2 aromatic heterocycles. The average molecular weight is 551 g/mol. The summed E-state index contributed by atoms with van der Waals surface area (Å²) in [5.41, 5.74) is 0.729. The fraction of sp³-hybridized carbons (Fsp3) is 0.0952. The highest BCUT2D eigenvalue weighted by Gasteiger charge is 2.40. The van der Waals surface area contributed by atoms with Gasteiger partial charge in [0, 0.05) is 23.3 Å². The van der Waals surface area contributed by atoms with Gasteiger partial charge in [-0.15, -0.1) is 0 Å². The number of halogens is 3. The van der Waals surface area contributed by atoms with E-state index in [1.54, 1.807) is 24.3 Å². The van der Waals surface area contributed by atoms with Crippen LogP contribution in [0.5, 0.6) is 11.5 Å². The summed E-state index contributed by atoms with van der Waals surface area (Å²) < 4.78 is 79.0. The number of rotatable bonds is 8. The number of esters is 1. The van der Waals surface area contributed by atoms with Gasteiger partial charge in [-0.3, -0.25) is 4.72 Å². The lowest BCUT2D eigenvalue weighted by molar-refractivity contribution is -0.201. The molecule has 0 unspecified atom stereocenters. The van der Waals surface area contributed by atoms with E-state index in [0.717, 1.165) is 17.6 Å². The molecule has 0 bridgehead atoms. The molecule has 37 heavy (non-hydrogen) atoms. The van der Waals surface area contributed by atoms with Gasteiger partial charge in [-0.2, -0.15) is 27.9 Å². The van der Waals surface area contributed by atoms with Gasteiger partial charge in [0.2, 0.25) is 5.13 Å². The third kappa shape index (κ3) is 6.20. The van der Waals surface area contributed by atoms with Gasteiger partial charge in [0.15, 0.2) is 0 Å². The van der Waals surface area contributed by atoms with Crippen molar-refractivity contribution in [1.29, 1.82) is 5.26 Å². The second kappa shape index (κ2) is 10.2. The Kier molecular flexibility index (Phi) is 7.09. The van der Waals surface area contributed by atoms with Crippen LogP contribution in [0.1, 0.15) is 11.1 Å². The number of alkyl halides is 3. The number of nitrogens with zero attached hydrogens (tertiary/aromatic N) is 5. The van der Waals surface area contributed by atoms with Crippen LogP contribution >= 0.6 is 11.5 Å². The Labute approximate surface area is 210 Å². The first-order valence-corrected chi connectivity index (χ1v) is 12.2. The lowest BCUT2D eigenvalue weighted by Gasteiger charge is -2.10. The van der Waals surface area contributed by atoms with E-state index in [9.17, 15) is 31.6 Å². The van der Waals surface area contributed by atoms with Crippen LogP contribution in [-0.2, 0) is 26.2 Å². The number of nitrogens with one attached hydrogen (secondary N) is 1. The van der Waals surface area contributed by atoms with E-state index in [2.05, 4.69) is 23.9 Å². The summed E-state index contributed by atoms with van der Waals surface area (Å²) >= 11 is 0.857. The molecule has 0 radical (unpaired) electrons. The molecule has 0 aliphatic rings. The molecule has 0 fully saturated rings. The minimum atomic E-state index is -5.08. The molecule has 0 saturated heterocycles. The van der Waals surface area contributed by atoms with Crippen molar-refractivity contribution >= 4 is 32.7 Å². The quantitative estimate of drug-likeness (QED) is 0.323. The monoisotopic (exact) mass is 550 g/mol. The summed E-state index contributed by atoms with van der Waals surface area (Å²) in [4.78, 5) is 14.4. The number of benzene rings is 2. The van der Waals surface area contributed by atoms with Crippen molar-refractivity contribution in [2.75, 3.05) is 4.72 Å². The van der Waals surface area contributed by atoms with E-state index in [-0.39, 0.29) is 26.9 Å². The maximum absolute atomic E-state index is 12.5. The molecule has 0 spiro atoms. The van der Waals surface area contributed by atoms with Gasteiger partial charge in [-0.05, 0) is 42.5 Å². The van der Waals surface area contributed by atoms with E-state index in [0.29, 0.717) is 11.4 Å². The molecule has 4 aromatic rings. The fourth-order valence-corrected chi connectivity index (χ4v) is 4.53. The van der Waals surface area contributed by atoms with Gasteiger partial charge in [0.25, 0.3) is 10.0 Å². The van der Waals surface area contributed by atoms with Crippen LogP contribution in [0, 0.1) is 11.3 Å². The highest BCUT2D eigenvalue weighted by molar-refractivity contribution is 7.93. The van der Waals surface area contributed by atoms with Gasteiger partial charge in [-0.1, -0.05) is 0 Å². The van der Waals surface area contributed by atoms with Crippen molar-refractivity contribution in [3.05, 3.63) is 72.3 Å². The number of carbonyl (C=O) groups excluding carboxylic acids is 1. The fourth-order valence-electron chi connectivity index (χ4n) is 2.84. The standard InChI is InChI=1S/C21H13F3N6O5S2/c22-21(23,24)19(31)34-11-13-9-27-30(10-13)15-1-3-16(4-2-15)35-18-6-5-17(7-14(18)8-25)37(32,33)29-20-26-12-28-36-20/h1-7,9-10,12H,11H2,(H,26,28,29). The molecule has 0 saturated carbocycles. The molecule has 1 N–H and O–H groups in total. The Bertz CT molecular complexity index is 1560. The zero-order chi connectivity index (χ0) is 26.6. The zero-order valence-corrected chi connectivity index (χ0v) is 19.8. The topological polar surface area (TPSA) is 149 Å². The average Bonchev–Trinajstić information content (AvgIpc) is 3.54. The molecule has 16 heteroatoms. The first kappa shape index (κ1) is 25.6. The predicted molar refractivity (Wildman–Crippen MR) is 121 cm³/mol. The largest absolute Gasteiger partial charge is 0.490 e. The van der Waals surface area contributed by atoms with Crippen LogP contribution in [-0.4, -0.2) is 39.7 Å². The van der Waals surface area contributed by atoms with Gasteiger partial charge < -0.3 is 9.47 Å². The van der Waals surface area contributed by atoms with E-state index >= 15 is 0 Å². The summed E-state index contributed by atoms with van der Waals surface area (Å²) in [6.07, 6.45) is -1.24. The van der Waals surface area contributed by atoms with Crippen molar-refractivity contribution in [1.82, 2.24) is 19.1 Å². The van der Waals surface area contributed by atoms with Gasteiger partial charge in [0.1, 0.15) is 30.5 Å². The minimum absolute atomic E-state index is 0.0330. The van der Waals surface area contributed by atoms with Crippen LogP contribution in [0.15, 0.2) is 66.1 Å². The van der Waals surface area contributed by atoms with Crippen molar-refractivity contribution in [2.45, 2.75) is 17.7 Å². The number of hydrogen-bond donors (Lipinski definition) is 1. The number of anilines is 1. The third-order valence-corrected chi connectivity index (χ3v) is 6.58. The number of hydrogen-bond acceptors (Lipinski definition) is 10. The van der Waals surface area contributed by atoms with Crippen molar-refractivity contribution < 1.29 is 35.9 Å². The molecule has 190 valence electrons. The van der Waals surface area contributed by atoms with E-state index in [1.165, 1.54) is 35.5 Å². The smallest absolute Gasteiger partial charge is 0.456 e. The van der Waals surface area contributed by atoms with E-state index in [1.807, 2.05) is 6.07 Å². The second-order valence-electron chi connectivity index (χ2n) is 7.08. The summed E-state index contributed by atoms with van der Waals surface area (Å²) in [6.45, 7) is -0.599. The highest BCUT2D eigenvalue weighted by atomic mass is 32.2. The summed E-state index contributed by atoms with van der Waals surface area (Å²) in [7, 11) is -4.00. The van der Waals surface area contributed by atoms with Crippen LogP contribution in [0.25, 0.3) is 5.69 Å². The Balaban J connectivity index is 1.44. The van der Waals surface area contributed by atoms with Crippen molar-refractivity contribution in [3.8, 4) is 23.3 Å². The first-order valence-electron chi connectivity index (χ1n) is 9.94. The molecule has 4 rings (SSSR count). The summed E-state index contributed by atoms with van der Waals surface area (Å²) in [6, 6.07) is 11.9. The van der Waals surface area contributed by atoms with E-state index < -0.39 is 28.8 Å². The van der Waals surface area contributed by atoms with Gasteiger partial charge >= 0.3 is 12.1 Å². The van der Waals surface area contributed by atoms with Crippen LogP contribution < -0.4 is 9.46 Å². The third-order valence-electron chi connectivity index (χ3n) is 4.53. The lowest BCUT2D eigenvalue weighted by atomic mass is 10.2. The van der Waals surface area contributed by atoms with Crippen LogP contribution in [0.3, 0.4) is 0 Å². The molecule has 0 atom stereocenters. The van der Waals surface area contributed by atoms with Gasteiger partial charge in [0.05, 0.1) is 22.3 Å². The van der Waals surface area contributed by atoms with Gasteiger partial charge in [-0.25, -0.2) is 22.9 Å². The van der Waals surface area contributed by atoms with Crippen molar-refractivity contribution in [3.63, 3.8) is 0 Å². The number of ether oxygens (including phenoxy) is 2. The molecule has 0 aliphatic carbocycles. The lowest BCUT2D eigenvalue weighted by Crippen LogP contribution is -2.25. The Morgan fingerprint density at radius 2 is 1.95 bits per heavy atom. The molecule has 2 aromatic carbocycles. The maximum atomic E-state index is 12.5. The summed E-state index contributed by atoms with van der Waals surface area (Å²) in [5, 5.41) is 13.6. The van der Waals surface area contributed by atoms with Crippen LogP contribution in [0.2, 0.25) is 0 Å². The predicted octanol–water partition coefficient (Wildman–Crippen LogP) is 3.79. The second-order valence-corrected chi connectivity index (χ2v) is 9.55. The number of nitriles is 1. The first-order chi connectivity index (χ1) is 17.5.